The minimum atomic E-state index is -2.87. The molecule has 0 saturated carbocycles. The predicted octanol–water partition coefficient (Wildman–Crippen LogP) is 5.54. The second kappa shape index (κ2) is 10.6. The summed E-state index contributed by atoms with van der Waals surface area (Å²) in [4.78, 5) is 21.7. The van der Waals surface area contributed by atoms with E-state index in [9.17, 15) is 13.6 Å². The van der Waals surface area contributed by atoms with Crippen LogP contribution in [0.5, 0.6) is 5.75 Å². The molecule has 0 aliphatic carbocycles. The molecular formula is C25H23ClF2N4O2. The molecule has 1 atom stereocenters. The van der Waals surface area contributed by atoms with E-state index >= 15 is 0 Å². The molecule has 2 heterocycles. The summed E-state index contributed by atoms with van der Waals surface area (Å²) in [6, 6.07) is 17.3. The Morgan fingerprint density at radius 2 is 1.85 bits per heavy atom. The van der Waals surface area contributed by atoms with Crippen molar-refractivity contribution in [2.75, 3.05) is 0 Å². The van der Waals surface area contributed by atoms with Gasteiger partial charge in [0.25, 0.3) is 0 Å². The average Bonchev–Trinajstić information content (AvgIpc) is 3.16. The first-order valence-corrected chi connectivity index (χ1v) is 11.2. The normalized spacial score (nSPS) is 12.1. The van der Waals surface area contributed by atoms with E-state index in [1.165, 1.54) is 12.1 Å². The number of aryl methyl sites for hydroxylation is 1. The van der Waals surface area contributed by atoms with E-state index < -0.39 is 6.61 Å². The van der Waals surface area contributed by atoms with Crippen LogP contribution >= 0.6 is 11.6 Å². The summed E-state index contributed by atoms with van der Waals surface area (Å²) in [6.07, 6.45) is 2.36. The number of rotatable bonds is 9. The Balaban J connectivity index is 1.46. The summed E-state index contributed by atoms with van der Waals surface area (Å²) in [5, 5.41) is 3.65. The van der Waals surface area contributed by atoms with Crippen LogP contribution < -0.4 is 10.1 Å². The van der Waals surface area contributed by atoms with Crippen LogP contribution in [0.15, 0.2) is 66.9 Å². The average molecular weight is 485 g/mol. The smallest absolute Gasteiger partial charge is 0.387 e. The molecule has 34 heavy (non-hydrogen) atoms. The van der Waals surface area contributed by atoms with E-state index in [0.717, 1.165) is 22.5 Å². The Bertz CT molecular complexity index is 1260. The highest BCUT2D eigenvalue weighted by atomic mass is 35.5. The molecule has 0 aliphatic heterocycles. The third kappa shape index (κ3) is 5.88. The van der Waals surface area contributed by atoms with Crippen molar-refractivity contribution in [1.82, 2.24) is 19.9 Å². The van der Waals surface area contributed by atoms with Gasteiger partial charge < -0.3 is 14.6 Å². The van der Waals surface area contributed by atoms with Gasteiger partial charge in [0.15, 0.2) is 5.65 Å². The Kier molecular flexibility index (Phi) is 7.37. The Morgan fingerprint density at radius 3 is 2.56 bits per heavy atom. The van der Waals surface area contributed by atoms with Crippen molar-refractivity contribution in [2.24, 2.45) is 0 Å². The van der Waals surface area contributed by atoms with Gasteiger partial charge in [-0.25, -0.2) is 9.97 Å². The van der Waals surface area contributed by atoms with Gasteiger partial charge >= 0.3 is 6.61 Å². The molecule has 1 N–H and O–H groups in total. The zero-order valence-corrected chi connectivity index (χ0v) is 19.2. The molecule has 4 aromatic rings. The van der Waals surface area contributed by atoms with Gasteiger partial charge in [-0.05, 0) is 54.4 Å². The lowest BCUT2D eigenvalue weighted by Gasteiger charge is -2.15. The standard InChI is InChI=1S/C25H23ClF2N4O2/c1-16(18-6-8-19(26)9-7-18)30-23(33)13-12-22-31-21-3-2-14-29-24(21)32(22)15-17-4-10-20(11-5-17)34-25(27)28/h2-11,14,16,25H,12-13,15H2,1H3,(H,30,33). The van der Waals surface area contributed by atoms with Crippen LogP contribution in [0.2, 0.25) is 5.02 Å². The van der Waals surface area contributed by atoms with Gasteiger partial charge in [0, 0.05) is 24.1 Å². The van der Waals surface area contributed by atoms with Crippen LogP contribution in [-0.2, 0) is 17.8 Å². The molecule has 4 rings (SSSR count). The van der Waals surface area contributed by atoms with Gasteiger partial charge in [-0.2, -0.15) is 8.78 Å². The van der Waals surface area contributed by atoms with Crippen molar-refractivity contribution in [1.29, 1.82) is 0 Å². The van der Waals surface area contributed by atoms with E-state index in [4.69, 9.17) is 11.6 Å². The molecule has 9 heteroatoms. The summed E-state index contributed by atoms with van der Waals surface area (Å²) < 4.78 is 31.2. The predicted molar refractivity (Wildman–Crippen MR) is 126 cm³/mol. The first kappa shape index (κ1) is 23.6. The summed E-state index contributed by atoms with van der Waals surface area (Å²) in [7, 11) is 0. The van der Waals surface area contributed by atoms with Crippen molar-refractivity contribution < 1.29 is 18.3 Å². The topological polar surface area (TPSA) is 69.0 Å². The first-order chi connectivity index (χ1) is 16.4. The minimum Gasteiger partial charge on any atom is -0.435 e. The molecule has 176 valence electrons. The van der Waals surface area contributed by atoms with Crippen LogP contribution in [0.1, 0.15) is 36.3 Å². The van der Waals surface area contributed by atoms with E-state index in [-0.39, 0.29) is 24.1 Å². The van der Waals surface area contributed by atoms with Crippen molar-refractivity contribution in [3.8, 4) is 5.75 Å². The number of pyridine rings is 1. The number of aromatic nitrogens is 3. The van der Waals surface area contributed by atoms with Crippen LogP contribution in [0.3, 0.4) is 0 Å². The number of ether oxygens (including phenoxy) is 1. The lowest BCUT2D eigenvalue weighted by Crippen LogP contribution is -2.27. The molecule has 1 amide bonds. The summed E-state index contributed by atoms with van der Waals surface area (Å²) in [5.41, 5.74) is 3.26. The summed E-state index contributed by atoms with van der Waals surface area (Å²) in [5.74, 6) is 0.720. The number of nitrogens with zero attached hydrogens (tertiary/aromatic N) is 3. The van der Waals surface area contributed by atoms with Crippen molar-refractivity contribution in [3.05, 3.63) is 88.8 Å². The fourth-order valence-corrected chi connectivity index (χ4v) is 3.82. The Labute approximate surface area is 200 Å². The van der Waals surface area contributed by atoms with Crippen molar-refractivity contribution >= 4 is 28.7 Å². The van der Waals surface area contributed by atoms with Gasteiger partial charge in [-0.1, -0.05) is 35.9 Å². The molecule has 1 unspecified atom stereocenters. The maximum absolute atomic E-state index is 12.6. The van der Waals surface area contributed by atoms with Crippen molar-refractivity contribution in [2.45, 2.75) is 39.0 Å². The molecule has 2 aromatic heterocycles. The molecule has 0 spiro atoms. The van der Waals surface area contributed by atoms with Gasteiger partial charge in [-0.3, -0.25) is 4.79 Å². The number of benzene rings is 2. The number of fused-ring (bicyclic) bond motifs is 1. The molecular weight excluding hydrogens is 462 g/mol. The lowest BCUT2D eigenvalue weighted by atomic mass is 10.1. The Hall–Kier alpha value is -3.52. The molecule has 0 bridgehead atoms. The van der Waals surface area contributed by atoms with Gasteiger partial charge in [0.05, 0.1) is 12.6 Å². The number of halogens is 3. The molecule has 0 saturated heterocycles. The second-order valence-electron chi connectivity index (χ2n) is 7.82. The third-order valence-corrected chi connectivity index (χ3v) is 5.65. The second-order valence-corrected chi connectivity index (χ2v) is 8.26. The highest BCUT2D eigenvalue weighted by molar-refractivity contribution is 6.30. The number of alkyl halides is 2. The maximum atomic E-state index is 12.6. The highest BCUT2D eigenvalue weighted by Gasteiger charge is 2.15. The molecule has 0 radical (unpaired) electrons. The molecule has 2 aromatic carbocycles. The molecule has 0 aliphatic rings. The largest absolute Gasteiger partial charge is 0.435 e. The number of hydrogen-bond acceptors (Lipinski definition) is 4. The number of hydrogen-bond donors (Lipinski definition) is 1. The van der Waals surface area contributed by atoms with E-state index in [1.807, 2.05) is 29.7 Å². The zero-order chi connectivity index (χ0) is 24.1. The zero-order valence-electron chi connectivity index (χ0n) is 18.4. The number of amides is 1. The molecule has 0 fully saturated rings. The summed E-state index contributed by atoms with van der Waals surface area (Å²) in [6.45, 7) is -0.518. The number of nitrogens with one attached hydrogen (secondary N) is 1. The Morgan fingerprint density at radius 1 is 1.12 bits per heavy atom. The summed E-state index contributed by atoms with van der Waals surface area (Å²) >= 11 is 5.94. The van der Waals surface area contributed by atoms with E-state index in [0.29, 0.717) is 23.6 Å². The van der Waals surface area contributed by atoms with Crippen LogP contribution in [-0.4, -0.2) is 27.1 Å². The van der Waals surface area contributed by atoms with Crippen LogP contribution in [0.25, 0.3) is 11.2 Å². The monoisotopic (exact) mass is 484 g/mol. The molecule has 6 nitrogen and oxygen atoms in total. The van der Waals surface area contributed by atoms with Crippen molar-refractivity contribution in [3.63, 3.8) is 0 Å². The van der Waals surface area contributed by atoms with E-state index in [2.05, 4.69) is 20.0 Å². The lowest BCUT2D eigenvalue weighted by molar-refractivity contribution is -0.121. The number of imidazole rings is 1. The van der Waals surface area contributed by atoms with Gasteiger partial charge in [-0.15, -0.1) is 0 Å². The fourth-order valence-electron chi connectivity index (χ4n) is 3.70. The van der Waals surface area contributed by atoms with Gasteiger partial charge in [0.2, 0.25) is 5.91 Å². The quantitative estimate of drug-likeness (QED) is 0.338. The third-order valence-electron chi connectivity index (χ3n) is 5.40. The maximum Gasteiger partial charge on any atom is 0.387 e. The van der Waals surface area contributed by atoms with Gasteiger partial charge in [0.1, 0.15) is 17.1 Å². The minimum absolute atomic E-state index is 0.0949. The SMILES string of the molecule is CC(NC(=O)CCc1nc2cccnc2n1Cc1ccc(OC(F)F)cc1)c1ccc(Cl)cc1. The first-order valence-electron chi connectivity index (χ1n) is 10.8. The number of carbonyl (C=O) groups excluding carboxylic acids is 1. The van der Waals surface area contributed by atoms with Crippen LogP contribution in [0.4, 0.5) is 8.78 Å². The van der Waals surface area contributed by atoms with E-state index in [1.54, 1.807) is 36.5 Å². The fraction of sp³-hybridized carbons (Fsp3) is 0.240. The number of carbonyl (C=O) groups is 1. The highest BCUT2D eigenvalue weighted by Crippen LogP contribution is 2.20. The van der Waals surface area contributed by atoms with Crippen LogP contribution in [0, 0.1) is 0 Å².